The maximum atomic E-state index is 13.8. The van der Waals surface area contributed by atoms with E-state index in [0.29, 0.717) is 72.4 Å². The number of anilines is 2. The monoisotopic (exact) mass is 597 g/mol. The fourth-order valence-corrected chi connectivity index (χ4v) is 7.04. The van der Waals surface area contributed by atoms with Crippen molar-refractivity contribution < 1.29 is 19.1 Å². The highest BCUT2D eigenvalue weighted by Gasteiger charge is 2.43. The van der Waals surface area contributed by atoms with Crippen LogP contribution in [0.3, 0.4) is 0 Å². The second kappa shape index (κ2) is 11.7. The minimum atomic E-state index is -0.533. The number of hydrazine groups is 1. The summed E-state index contributed by atoms with van der Waals surface area (Å²) in [6.07, 6.45) is 1.91. The van der Waals surface area contributed by atoms with Crippen molar-refractivity contribution in [2.45, 2.75) is 24.9 Å². The van der Waals surface area contributed by atoms with Crippen LogP contribution in [-0.2, 0) is 4.74 Å². The van der Waals surface area contributed by atoms with E-state index in [9.17, 15) is 14.4 Å². The van der Waals surface area contributed by atoms with E-state index in [0.717, 1.165) is 23.4 Å². The van der Waals surface area contributed by atoms with Crippen LogP contribution in [0.4, 0.5) is 16.2 Å². The third-order valence-corrected chi connectivity index (χ3v) is 9.27. The average molecular weight is 598 g/mol. The molecule has 3 amide bonds. The highest BCUT2D eigenvalue weighted by Crippen LogP contribution is 2.49. The standard InChI is InChI=1S/C31H31N7O4S/c39-29-25-21(9-4-10-22(25)33-31(41)36-37-14-16-42-17-15-37)27-26(29)28(35-34-27)23-11-12-24(43-23)30(40)38-13-5-8-20(38)18-32-19-6-2-1-3-7-19/h1-4,6-7,9-12,20,27,32H,5,8,13-18H2,(H2,33,36,41)/t20-,27?/m0/s1. The number of thiophene rings is 1. The molecular formula is C31H31N7O4S. The zero-order valence-corrected chi connectivity index (χ0v) is 24.2. The summed E-state index contributed by atoms with van der Waals surface area (Å²) in [5.41, 5.74) is 6.38. The summed E-state index contributed by atoms with van der Waals surface area (Å²) in [4.78, 5) is 43.4. The lowest BCUT2D eigenvalue weighted by Gasteiger charge is -2.27. The van der Waals surface area contributed by atoms with Crippen LogP contribution in [0.2, 0.25) is 0 Å². The number of urea groups is 1. The van der Waals surface area contributed by atoms with Crippen LogP contribution < -0.4 is 16.1 Å². The number of morpholine rings is 1. The van der Waals surface area contributed by atoms with Crippen LogP contribution in [0.25, 0.3) is 5.70 Å². The van der Waals surface area contributed by atoms with Gasteiger partial charge >= 0.3 is 6.03 Å². The number of Topliss-reactive ketones (excluding diaryl/α,β-unsaturated/α-hetero) is 1. The number of nitrogens with one attached hydrogen (secondary N) is 3. The molecule has 0 saturated carbocycles. The second-order valence-electron chi connectivity index (χ2n) is 10.8. The molecule has 4 heterocycles. The quantitative estimate of drug-likeness (QED) is 0.354. The summed E-state index contributed by atoms with van der Waals surface area (Å²) in [7, 11) is 0. The number of amides is 3. The smallest absolute Gasteiger partial charge is 0.333 e. The van der Waals surface area contributed by atoms with E-state index in [2.05, 4.69) is 26.3 Å². The van der Waals surface area contributed by atoms with Gasteiger partial charge in [0.05, 0.1) is 39.8 Å². The van der Waals surface area contributed by atoms with E-state index in [1.165, 1.54) is 11.3 Å². The number of ether oxygens (including phenoxy) is 1. The molecule has 2 saturated heterocycles. The molecule has 220 valence electrons. The molecule has 1 aliphatic carbocycles. The molecule has 2 fully saturated rings. The Kier molecular flexibility index (Phi) is 7.47. The van der Waals surface area contributed by atoms with Gasteiger partial charge in [0.15, 0.2) is 5.78 Å². The predicted molar refractivity (Wildman–Crippen MR) is 163 cm³/mol. The van der Waals surface area contributed by atoms with Crippen molar-refractivity contribution in [1.82, 2.24) is 15.3 Å². The number of fused-ring (bicyclic) bond motifs is 3. The molecule has 2 atom stereocenters. The molecule has 4 aliphatic rings. The minimum Gasteiger partial charge on any atom is -0.383 e. The van der Waals surface area contributed by atoms with Crippen molar-refractivity contribution in [1.29, 1.82) is 0 Å². The summed E-state index contributed by atoms with van der Waals surface area (Å²) in [5, 5.41) is 16.9. The molecule has 1 unspecified atom stereocenters. The van der Waals surface area contributed by atoms with Gasteiger partial charge in [-0.3, -0.25) is 15.0 Å². The van der Waals surface area contributed by atoms with Crippen molar-refractivity contribution in [3.63, 3.8) is 0 Å². The maximum absolute atomic E-state index is 13.8. The summed E-state index contributed by atoms with van der Waals surface area (Å²) < 4.78 is 5.33. The average Bonchev–Trinajstić information content (AvgIpc) is 3.83. The van der Waals surface area contributed by atoms with Crippen molar-refractivity contribution >= 4 is 46.1 Å². The molecule has 43 heavy (non-hydrogen) atoms. The fraction of sp³-hybridized carbons (Fsp3) is 0.323. The van der Waals surface area contributed by atoms with Gasteiger partial charge in [-0.1, -0.05) is 30.3 Å². The Hall–Kier alpha value is -4.39. The van der Waals surface area contributed by atoms with Gasteiger partial charge in [0.25, 0.3) is 5.91 Å². The predicted octanol–water partition coefficient (Wildman–Crippen LogP) is 4.95. The number of azo groups is 1. The van der Waals surface area contributed by atoms with Crippen LogP contribution in [0.15, 0.2) is 76.5 Å². The maximum Gasteiger partial charge on any atom is 0.333 e. The zero-order chi connectivity index (χ0) is 29.3. The first kappa shape index (κ1) is 27.4. The highest BCUT2D eigenvalue weighted by molar-refractivity contribution is 7.15. The van der Waals surface area contributed by atoms with E-state index >= 15 is 0 Å². The Balaban J connectivity index is 1.07. The largest absolute Gasteiger partial charge is 0.383 e. The third-order valence-electron chi connectivity index (χ3n) is 8.19. The Morgan fingerprint density at radius 2 is 1.84 bits per heavy atom. The SMILES string of the molecule is O=C(Nc1cccc2c1C(=O)C1=C(c3ccc(C(=O)N4CCC[C@H]4CNc4ccccc4)s3)N=NC12)NN1CCOCC1. The number of likely N-dealkylation sites (tertiary alicyclic amines) is 1. The Morgan fingerprint density at radius 1 is 1.00 bits per heavy atom. The minimum absolute atomic E-state index is 0.00972. The lowest BCUT2D eigenvalue weighted by Crippen LogP contribution is -2.49. The number of benzene rings is 2. The van der Waals surface area contributed by atoms with Crippen LogP contribution in [0.1, 0.15) is 49.4 Å². The number of para-hydroxylation sites is 1. The number of nitrogens with zero attached hydrogens (tertiary/aromatic N) is 4. The van der Waals surface area contributed by atoms with Gasteiger partial charge in [-0.05, 0) is 48.7 Å². The van der Waals surface area contributed by atoms with Gasteiger partial charge in [-0.25, -0.2) is 9.80 Å². The molecule has 1 aromatic heterocycles. The van der Waals surface area contributed by atoms with Crippen molar-refractivity contribution in [2.24, 2.45) is 10.2 Å². The van der Waals surface area contributed by atoms with Crippen LogP contribution in [-0.4, -0.2) is 73.1 Å². The molecule has 3 N–H and O–H groups in total. The fourth-order valence-electron chi connectivity index (χ4n) is 6.08. The molecule has 0 radical (unpaired) electrons. The Morgan fingerprint density at radius 3 is 2.67 bits per heavy atom. The van der Waals surface area contributed by atoms with Gasteiger partial charge in [0.2, 0.25) is 0 Å². The van der Waals surface area contributed by atoms with Gasteiger partial charge in [0.1, 0.15) is 11.7 Å². The van der Waals surface area contributed by atoms with E-state index in [-0.39, 0.29) is 17.7 Å². The van der Waals surface area contributed by atoms with E-state index in [4.69, 9.17) is 4.74 Å². The zero-order valence-electron chi connectivity index (χ0n) is 23.4. The lowest BCUT2D eigenvalue weighted by atomic mass is 10.1. The number of carbonyl (C=O) groups excluding carboxylic acids is 3. The topological polar surface area (TPSA) is 128 Å². The molecular weight excluding hydrogens is 566 g/mol. The van der Waals surface area contributed by atoms with Crippen molar-refractivity contribution in [3.05, 3.63) is 87.1 Å². The first-order chi connectivity index (χ1) is 21.1. The van der Waals surface area contributed by atoms with Crippen molar-refractivity contribution in [2.75, 3.05) is 50.0 Å². The van der Waals surface area contributed by atoms with Gasteiger partial charge in [-0.2, -0.15) is 10.2 Å². The molecule has 2 aromatic carbocycles. The molecule has 0 spiro atoms. The molecule has 11 nitrogen and oxygen atoms in total. The summed E-state index contributed by atoms with van der Waals surface area (Å²) in [6, 6.07) is 18.2. The van der Waals surface area contributed by atoms with Crippen LogP contribution in [0.5, 0.6) is 0 Å². The second-order valence-corrected chi connectivity index (χ2v) is 11.9. The van der Waals surface area contributed by atoms with Crippen LogP contribution >= 0.6 is 11.3 Å². The number of hydrogen-bond acceptors (Lipinski definition) is 9. The Bertz CT molecular complexity index is 1630. The van der Waals surface area contributed by atoms with E-state index in [1.807, 2.05) is 53.4 Å². The molecule has 0 bridgehead atoms. The van der Waals surface area contributed by atoms with Crippen molar-refractivity contribution in [3.8, 4) is 0 Å². The first-order valence-corrected chi connectivity index (χ1v) is 15.3. The molecule has 3 aromatic rings. The third kappa shape index (κ3) is 5.33. The molecule has 7 rings (SSSR count). The lowest BCUT2D eigenvalue weighted by molar-refractivity contribution is 0.0207. The van der Waals surface area contributed by atoms with Gasteiger partial charge in [0, 0.05) is 37.9 Å². The normalized spacial score (nSPS) is 21.2. The highest BCUT2D eigenvalue weighted by atomic mass is 32.1. The number of hydrogen-bond donors (Lipinski definition) is 3. The summed E-state index contributed by atoms with van der Waals surface area (Å²) >= 11 is 1.33. The summed E-state index contributed by atoms with van der Waals surface area (Å²) in [6.45, 7) is 3.67. The first-order valence-electron chi connectivity index (χ1n) is 14.5. The molecule has 12 heteroatoms. The number of carbonyl (C=O) groups is 3. The number of rotatable bonds is 7. The van der Waals surface area contributed by atoms with E-state index in [1.54, 1.807) is 17.1 Å². The number of ketones is 1. The van der Waals surface area contributed by atoms with Crippen LogP contribution in [0, 0.1) is 0 Å². The van der Waals surface area contributed by atoms with E-state index < -0.39 is 12.1 Å². The van der Waals surface area contributed by atoms with Gasteiger partial charge < -0.3 is 20.3 Å². The molecule has 3 aliphatic heterocycles. The summed E-state index contributed by atoms with van der Waals surface area (Å²) in [5.74, 6) is -0.223. The Labute approximate surface area is 252 Å². The van der Waals surface area contributed by atoms with Gasteiger partial charge in [-0.15, -0.1) is 11.3 Å².